The summed E-state index contributed by atoms with van der Waals surface area (Å²) in [7, 11) is -1.04. The lowest BCUT2D eigenvalue weighted by Crippen LogP contribution is -2.43. The number of rotatable bonds is 10. The van der Waals surface area contributed by atoms with Gasteiger partial charge in [0.2, 0.25) is 0 Å². The summed E-state index contributed by atoms with van der Waals surface area (Å²) in [6.45, 7) is 7.25. The van der Waals surface area contributed by atoms with Crippen molar-refractivity contribution in [1.29, 1.82) is 0 Å². The fourth-order valence-corrected chi connectivity index (χ4v) is 4.81. The van der Waals surface area contributed by atoms with E-state index in [1.807, 2.05) is 36.4 Å². The van der Waals surface area contributed by atoms with Gasteiger partial charge in [-0.2, -0.15) is 0 Å². The van der Waals surface area contributed by atoms with Crippen LogP contribution < -0.4 is 20.7 Å². The Labute approximate surface area is 190 Å². The maximum Gasteiger partial charge on any atom is 0.269 e. The van der Waals surface area contributed by atoms with Crippen molar-refractivity contribution >= 4 is 24.4 Å². The van der Waals surface area contributed by atoms with E-state index in [-0.39, 0.29) is 17.3 Å². The van der Waals surface area contributed by atoms with Crippen molar-refractivity contribution in [2.75, 3.05) is 13.2 Å². The van der Waals surface area contributed by atoms with E-state index in [0.717, 1.165) is 10.6 Å². The van der Waals surface area contributed by atoms with Crippen molar-refractivity contribution in [3.63, 3.8) is 0 Å². The molecule has 1 atom stereocenters. The molecule has 3 aromatic carbocycles. The van der Waals surface area contributed by atoms with Crippen LogP contribution in [0.25, 0.3) is 0 Å². The maximum absolute atomic E-state index is 10.9. The van der Waals surface area contributed by atoms with Gasteiger partial charge in [-0.15, -0.1) is 0 Å². The molecule has 0 aliphatic heterocycles. The smallest absolute Gasteiger partial charge is 0.269 e. The minimum Gasteiger partial charge on any atom is -0.491 e. The molecule has 0 unspecified atom stereocenters. The minimum atomic E-state index is -1.04. The molecule has 0 fully saturated rings. The van der Waals surface area contributed by atoms with Gasteiger partial charge < -0.3 is 14.6 Å². The summed E-state index contributed by atoms with van der Waals surface area (Å²) in [5.74, 6) is 0.573. The molecule has 168 valence electrons. The molecule has 0 saturated heterocycles. The third-order valence-corrected chi connectivity index (χ3v) is 6.62. The van der Waals surface area contributed by atoms with Crippen molar-refractivity contribution in [3.05, 3.63) is 95.0 Å². The zero-order valence-corrected chi connectivity index (χ0v) is 19.5. The Morgan fingerprint density at radius 1 is 0.906 bits per heavy atom. The lowest BCUT2D eigenvalue weighted by atomic mass is 10.1. The third kappa shape index (κ3) is 7.41. The van der Waals surface area contributed by atoms with Gasteiger partial charge in [-0.3, -0.25) is 10.1 Å². The van der Waals surface area contributed by atoms with Crippen LogP contribution in [0.4, 0.5) is 5.69 Å². The number of nitro groups is 1. The van der Waals surface area contributed by atoms with Gasteiger partial charge in [0.15, 0.2) is 0 Å². The van der Waals surface area contributed by atoms with E-state index in [9.17, 15) is 10.1 Å². The summed E-state index contributed by atoms with van der Waals surface area (Å²) in [5, 5.41) is 16.7. The monoisotopic (exact) mass is 452 g/mol. The molecule has 0 aliphatic rings. The van der Waals surface area contributed by atoms with E-state index in [4.69, 9.17) is 9.26 Å². The highest BCUT2D eigenvalue weighted by Gasteiger charge is 2.23. The lowest BCUT2D eigenvalue weighted by molar-refractivity contribution is -0.384. The van der Waals surface area contributed by atoms with Crippen LogP contribution in [0.15, 0.2) is 84.9 Å². The van der Waals surface area contributed by atoms with Crippen LogP contribution in [0.2, 0.25) is 0 Å². The molecule has 6 nitrogen and oxygen atoms in total. The van der Waals surface area contributed by atoms with Gasteiger partial charge in [0.05, 0.1) is 13.1 Å². The second-order valence-corrected chi connectivity index (χ2v) is 10.2. The molecule has 0 amide bonds. The van der Waals surface area contributed by atoms with Crippen molar-refractivity contribution in [2.24, 2.45) is 0 Å². The van der Waals surface area contributed by atoms with Gasteiger partial charge in [0.1, 0.15) is 18.5 Å². The molecule has 0 saturated carbocycles. The van der Waals surface area contributed by atoms with Crippen molar-refractivity contribution in [1.82, 2.24) is 5.32 Å². The Bertz CT molecular complexity index is 937. The first kappa shape index (κ1) is 23.9. The van der Waals surface area contributed by atoms with Gasteiger partial charge in [0.25, 0.3) is 5.69 Å². The first-order valence-electron chi connectivity index (χ1n) is 10.5. The Morgan fingerprint density at radius 3 is 1.91 bits per heavy atom. The predicted octanol–water partition coefficient (Wildman–Crippen LogP) is 4.79. The number of nitrogens with one attached hydrogen (secondary N) is 1. The van der Waals surface area contributed by atoms with Crippen LogP contribution in [0.1, 0.15) is 20.8 Å². The molecule has 1 N–H and O–H groups in total. The van der Waals surface area contributed by atoms with Gasteiger partial charge in [-0.1, -0.05) is 60.7 Å². The summed E-state index contributed by atoms with van der Waals surface area (Å²) < 4.78 is 12.6. The fourth-order valence-electron chi connectivity index (χ4n) is 2.95. The van der Waals surface area contributed by atoms with Crippen LogP contribution in [-0.2, 0) is 4.52 Å². The standard InChI is InChI=1S/C25H29N2O4P/c1-25(2,3)26-18-22(19-30-21-16-14-20(15-17-21)27(28)29)31-32(23-10-6-4-7-11-23)24-12-8-5-9-13-24/h4-17,22,26H,18-19H2,1-3H3/t22-/m1/s1. The minimum absolute atomic E-state index is 0.0382. The highest BCUT2D eigenvalue weighted by atomic mass is 31.1. The molecular weight excluding hydrogens is 423 g/mol. The molecule has 0 heterocycles. The Hall–Kier alpha value is -2.79. The number of non-ortho nitro benzene ring substituents is 1. The molecule has 0 radical (unpaired) electrons. The molecule has 32 heavy (non-hydrogen) atoms. The Kier molecular flexibility index (Phi) is 8.34. The summed E-state index contributed by atoms with van der Waals surface area (Å²) in [6, 6.07) is 26.5. The Balaban J connectivity index is 1.78. The van der Waals surface area contributed by atoms with E-state index in [0.29, 0.717) is 18.9 Å². The number of hydrogen-bond acceptors (Lipinski definition) is 5. The van der Waals surface area contributed by atoms with Gasteiger partial charge in [-0.05, 0) is 32.9 Å². The number of nitro benzene ring substituents is 1. The SMILES string of the molecule is CC(C)(C)NC[C@H](COc1ccc([N+](=O)[O-])cc1)OP(c1ccccc1)c1ccccc1. The zero-order valence-electron chi connectivity index (χ0n) is 18.6. The second kappa shape index (κ2) is 11.2. The molecule has 3 aromatic rings. The van der Waals surface area contributed by atoms with E-state index in [1.54, 1.807) is 12.1 Å². The summed E-state index contributed by atoms with van der Waals surface area (Å²) in [6.07, 6.45) is -0.226. The molecule has 0 spiro atoms. The summed E-state index contributed by atoms with van der Waals surface area (Å²) in [5.41, 5.74) is -0.0340. The van der Waals surface area contributed by atoms with E-state index >= 15 is 0 Å². The predicted molar refractivity (Wildman–Crippen MR) is 130 cm³/mol. The lowest BCUT2D eigenvalue weighted by Gasteiger charge is -2.29. The largest absolute Gasteiger partial charge is 0.491 e. The molecule has 0 bridgehead atoms. The van der Waals surface area contributed by atoms with Gasteiger partial charge >= 0.3 is 0 Å². The van der Waals surface area contributed by atoms with Gasteiger partial charge in [-0.25, -0.2) is 0 Å². The second-order valence-electron chi connectivity index (χ2n) is 8.39. The van der Waals surface area contributed by atoms with E-state index in [1.165, 1.54) is 12.1 Å². The fraction of sp³-hybridized carbons (Fsp3) is 0.280. The van der Waals surface area contributed by atoms with Crippen molar-refractivity contribution < 1.29 is 14.2 Å². The first-order valence-corrected chi connectivity index (χ1v) is 11.8. The van der Waals surface area contributed by atoms with Crippen LogP contribution in [0, 0.1) is 10.1 Å². The average Bonchev–Trinajstić information content (AvgIpc) is 2.79. The van der Waals surface area contributed by atoms with Crippen molar-refractivity contribution in [3.8, 4) is 5.75 Å². The summed E-state index contributed by atoms with van der Waals surface area (Å²) in [4.78, 5) is 10.5. The van der Waals surface area contributed by atoms with E-state index in [2.05, 4.69) is 50.4 Å². The zero-order chi connectivity index (χ0) is 23.0. The maximum atomic E-state index is 10.9. The molecule has 0 aliphatic carbocycles. The number of hydrogen-bond donors (Lipinski definition) is 1. The number of ether oxygens (including phenoxy) is 1. The third-order valence-electron chi connectivity index (χ3n) is 4.58. The normalized spacial score (nSPS) is 12.5. The molecular formula is C25H29N2O4P. The molecule has 3 rings (SSSR count). The number of nitrogens with zero attached hydrogens (tertiary/aromatic N) is 1. The Morgan fingerprint density at radius 2 is 1.44 bits per heavy atom. The topological polar surface area (TPSA) is 73.6 Å². The van der Waals surface area contributed by atoms with Crippen LogP contribution >= 0.6 is 8.15 Å². The quantitative estimate of drug-likeness (QED) is 0.272. The first-order chi connectivity index (χ1) is 15.3. The summed E-state index contributed by atoms with van der Waals surface area (Å²) >= 11 is 0. The average molecular weight is 452 g/mol. The van der Waals surface area contributed by atoms with Crippen molar-refractivity contribution in [2.45, 2.75) is 32.4 Å². The van der Waals surface area contributed by atoms with Gasteiger partial charge in [0, 0.05) is 34.8 Å². The van der Waals surface area contributed by atoms with Crippen LogP contribution in [0.3, 0.4) is 0 Å². The highest BCUT2D eigenvalue weighted by Crippen LogP contribution is 2.36. The molecule has 0 aromatic heterocycles. The van der Waals surface area contributed by atoms with Crippen LogP contribution in [0.5, 0.6) is 5.75 Å². The molecule has 7 heteroatoms. The number of benzene rings is 3. The van der Waals surface area contributed by atoms with E-state index < -0.39 is 13.1 Å². The van der Waals surface area contributed by atoms with Crippen LogP contribution in [-0.4, -0.2) is 29.7 Å². The highest BCUT2D eigenvalue weighted by molar-refractivity contribution is 7.68.